The van der Waals surface area contributed by atoms with Crippen molar-refractivity contribution in [2.24, 2.45) is 0 Å². The van der Waals surface area contributed by atoms with Gasteiger partial charge in [0.2, 0.25) is 19.1 Å². The lowest BCUT2D eigenvalue weighted by Crippen LogP contribution is -2.46. The monoisotopic (exact) mass is 540 g/mol. The highest BCUT2D eigenvalue weighted by Crippen LogP contribution is 2.24. The molecule has 37 heavy (non-hydrogen) atoms. The van der Waals surface area contributed by atoms with Gasteiger partial charge in [0.15, 0.2) is 5.60 Å². The molecular weight excluding hydrogens is 493 g/mol. The molecule has 0 fully saturated rings. The fraction of sp³-hybridized carbons (Fsp3) is 0.889. The molecule has 0 aromatic heterocycles. The van der Waals surface area contributed by atoms with Gasteiger partial charge in [0, 0.05) is 19.3 Å². The first kappa shape index (κ1) is 35.2. The molecule has 0 spiro atoms. The van der Waals surface area contributed by atoms with Crippen molar-refractivity contribution >= 4 is 17.9 Å². The highest BCUT2D eigenvalue weighted by Gasteiger charge is 2.45. The van der Waals surface area contributed by atoms with Crippen molar-refractivity contribution in [1.82, 2.24) is 0 Å². The Hall–Kier alpha value is -1.84. The van der Waals surface area contributed by atoms with Gasteiger partial charge in [-0.2, -0.15) is 0 Å². The minimum Gasteiger partial charge on any atom is -0.431 e. The molecule has 0 saturated carbocycles. The predicted molar refractivity (Wildman–Crippen MR) is 133 cm³/mol. The number of carbonyl (C=O) groups excluding carboxylic acids is 3. The number of ether oxygens (including phenoxy) is 3. The van der Waals surface area contributed by atoms with Crippen LogP contribution in [0.15, 0.2) is 0 Å². The molecule has 10 heteroatoms. The SMILES string of the molecule is CCCCCCC(F)OC(=O)CC(O)(CC(=O)OC(F)CCCCCC)C(=O)OC(F)CCCCCC. The second-order valence-corrected chi connectivity index (χ2v) is 9.55. The Morgan fingerprint density at radius 1 is 0.595 bits per heavy atom. The molecule has 0 amide bonds. The summed E-state index contributed by atoms with van der Waals surface area (Å²) >= 11 is 0. The number of aliphatic hydroxyl groups is 1. The highest BCUT2D eigenvalue weighted by atomic mass is 19.2. The number of alkyl halides is 3. The van der Waals surface area contributed by atoms with Crippen molar-refractivity contribution in [3.63, 3.8) is 0 Å². The van der Waals surface area contributed by atoms with Crippen molar-refractivity contribution in [3.05, 3.63) is 0 Å². The van der Waals surface area contributed by atoms with Gasteiger partial charge >= 0.3 is 17.9 Å². The van der Waals surface area contributed by atoms with Gasteiger partial charge in [0.25, 0.3) is 0 Å². The van der Waals surface area contributed by atoms with Crippen molar-refractivity contribution < 1.29 is 46.9 Å². The highest BCUT2D eigenvalue weighted by molar-refractivity contribution is 5.90. The standard InChI is InChI=1S/C27H47F3O7/c1-4-7-10-13-16-21(28)35-24(31)19-27(34,26(33)37-23(30)18-15-12-9-6-3)20-25(32)36-22(29)17-14-11-8-5-2/h21-23,34H,4-20H2,1-3H3. The quantitative estimate of drug-likeness (QED) is 0.0852. The molecule has 0 aromatic rings. The van der Waals surface area contributed by atoms with Gasteiger partial charge in [-0.1, -0.05) is 78.6 Å². The summed E-state index contributed by atoms with van der Waals surface area (Å²) in [5.74, 6) is -4.23. The third-order valence-electron chi connectivity index (χ3n) is 5.86. The van der Waals surface area contributed by atoms with E-state index >= 15 is 0 Å². The third-order valence-corrected chi connectivity index (χ3v) is 5.86. The van der Waals surface area contributed by atoms with Crippen LogP contribution in [0.3, 0.4) is 0 Å². The maximum atomic E-state index is 14.2. The molecule has 218 valence electrons. The van der Waals surface area contributed by atoms with E-state index in [0.717, 1.165) is 51.4 Å². The topological polar surface area (TPSA) is 99.1 Å². The van der Waals surface area contributed by atoms with Gasteiger partial charge in [-0.25, -0.2) is 18.0 Å². The van der Waals surface area contributed by atoms with Crippen LogP contribution >= 0.6 is 0 Å². The van der Waals surface area contributed by atoms with Crippen molar-refractivity contribution in [1.29, 1.82) is 0 Å². The molecule has 0 heterocycles. The Morgan fingerprint density at radius 3 is 1.24 bits per heavy atom. The van der Waals surface area contributed by atoms with E-state index in [0.29, 0.717) is 25.7 Å². The Labute approximate surface area is 219 Å². The van der Waals surface area contributed by atoms with E-state index in [1.807, 2.05) is 20.8 Å². The normalized spacial score (nSPS) is 15.3. The van der Waals surface area contributed by atoms with Gasteiger partial charge < -0.3 is 19.3 Å². The average molecular weight is 541 g/mol. The predicted octanol–water partition coefficient (Wildman–Crippen LogP) is 6.93. The molecule has 7 nitrogen and oxygen atoms in total. The molecule has 0 aromatic carbocycles. The fourth-order valence-electron chi connectivity index (χ4n) is 3.65. The minimum atomic E-state index is -2.90. The first-order valence-corrected chi connectivity index (χ1v) is 13.8. The van der Waals surface area contributed by atoms with Gasteiger partial charge in [0.05, 0.1) is 12.8 Å². The number of halogens is 3. The zero-order valence-electron chi connectivity index (χ0n) is 22.8. The molecule has 0 aliphatic heterocycles. The van der Waals surface area contributed by atoms with Crippen LogP contribution in [-0.4, -0.2) is 47.7 Å². The molecule has 3 unspecified atom stereocenters. The molecule has 0 bridgehead atoms. The summed E-state index contributed by atoms with van der Waals surface area (Å²) in [6.45, 7) is 5.96. The number of carbonyl (C=O) groups is 3. The summed E-state index contributed by atoms with van der Waals surface area (Å²) in [7, 11) is 0. The molecule has 0 aliphatic carbocycles. The van der Waals surface area contributed by atoms with Crippen molar-refractivity contribution in [3.8, 4) is 0 Å². The van der Waals surface area contributed by atoms with Crippen LogP contribution in [0.5, 0.6) is 0 Å². The second kappa shape index (κ2) is 21.1. The lowest BCUT2D eigenvalue weighted by Gasteiger charge is -2.26. The van der Waals surface area contributed by atoms with Crippen LogP contribution in [0, 0.1) is 0 Å². The minimum absolute atomic E-state index is 0.0669. The Balaban J connectivity index is 5.12. The first-order valence-electron chi connectivity index (χ1n) is 13.8. The van der Waals surface area contributed by atoms with E-state index in [-0.39, 0.29) is 19.3 Å². The van der Waals surface area contributed by atoms with E-state index < -0.39 is 55.4 Å². The Morgan fingerprint density at radius 2 is 0.919 bits per heavy atom. The van der Waals surface area contributed by atoms with E-state index in [9.17, 15) is 32.7 Å². The van der Waals surface area contributed by atoms with Gasteiger partial charge in [-0.15, -0.1) is 0 Å². The van der Waals surface area contributed by atoms with Gasteiger partial charge in [0.1, 0.15) is 0 Å². The van der Waals surface area contributed by atoms with Crippen LogP contribution in [0.4, 0.5) is 13.2 Å². The number of esters is 3. The lowest BCUT2D eigenvalue weighted by atomic mass is 9.95. The molecule has 0 radical (unpaired) electrons. The summed E-state index contributed by atoms with van der Waals surface area (Å²) < 4.78 is 56.1. The van der Waals surface area contributed by atoms with Crippen LogP contribution < -0.4 is 0 Å². The molecular formula is C27H47F3O7. The van der Waals surface area contributed by atoms with Gasteiger partial charge in [-0.05, 0) is 19.3 Å². The second-order valence-electron chi connectivity index (χ2n) is 9.55. The number of rotatable bonds is 23. The summed E-state index contributed by atoms with van der Waals surface area (Å²) in [4.78, 5) is 37.1. The van der Waals surface area contributed by atoms with Crippen molar-refractivity contribution in [2.45, 2.75) is 155 Å². The van der Waals surface area contributed by atoms with Crippen LogP contribution in [0.1, 0.15) is 130 Å². The van der Waals surface area contributed by atoms with E-state index in [2.05, 4.69) is 14.2 Å². The van der Waals surface area contributed by atoms with Gasteiger partial charge in [-0.3, -0.25) is 9.59 Å². The van der Waals surface area contributed by atoms with Crippen LogP contribution in [0.2, 0.25) is 0 Å². The number of hydrogen-bond acceptors (Lipinski definition) is 7. The van der Waals surface area contributed by atoms with E-state index in [4.69, 9.17) is 0 Å². The van der Waals surface area contributed by atoms with Crippen LogP contribution in [0.25, 0.3) is 0 Å². The first-order chi connectivity index (χ1) is 17.6. The summed E-state index contributed by atoms with van der Waals surface area (Å²) in [6, 6.07) is 0. The fourth-order valence-corrected chi connectivity index (χ4v) is 3.65. The van der Waals surface area contributed by atoms with Crippen LogP contribution in [-0.2, 0) is 28.6 Å². The number of hydrogen-bond donors (Lipinski definition) is 1. The zero-order valence-corrected chi connectivity index (χ0v) is 22.8. The lowest BCUT2D eigenvalue weighted by molar-refractivity contribution is -0.193. The summed E-state index contributed by atoms with van der Waals surface area (Å²) in [6.07, 6.45) is 0.388. The van der Waals surface area contributed by atoms with Crippen molar-refractivity contribution in [2.75, 3.05) is 0 Å². The smallest absolute Gasteiger partial charge is 0.341 e. The average Bonchev–Trinajstić information content (AvgIpc) is 2.82. The Bertz CT molecular complexity index is 599. The number of unbranched alkanes of at least 4 members (excludes halogenated alkanes) is 9. The zero-order chi connectivity index (χ0) is 28.1. The molecule has 1 N–H and O–H groups in total. The van der Waals surface area contributed by atoms with E-state index in [1.54, 1.807) is 0 Å². The third kappa shape index (κ3) is 18.1. The molecule has 3 atom stereocenters. The summed E-state index contributed by atoms with van der Waals surface area (Å²) in [5, 5.41) is 10.8. The van der Waals surface area contributed by atoms with E-state index in [1.165, 1.54) is 0 Å². The maximum Gasteiger partial charge on any atom is 0.341 e. The molecule has 0 saturated heterocycles. The Kier molecular flexibility index (Phi) is 20.1. The summed E-state index contributed by atoms with van der Waals surface area (Å²) in [5.41, 5.74) is -2.90. The largest absolute Gasteiger partial charge is 0.431 e. The molecule has 0 rings (SSSR count). The maximum absolute atomic E-state index is 14.2. The molecule has 0 aliphatic rings.